The van der Waals surface area contributed by atoms with Gasteiger partial charge in [0.05, 0.1) is 13.2 Å². The molecule has 0 saturated carbocycles. The summed E-state index contributed by atoms with van der Waals surface area (Å²) in [6.45, 7) is 8.68. The van der Waals surface area contributed by atoms with Crippen molar-refractivity contribution >= 4 is 5.91 Å². The van der Waals surface area contributed by atoms with Crippen LogP contribution in [0.1, 0.15) is 51.4 Å². The highest BCUT2D eigenvalue weighted by molar-refractivity contribution is 5.77. The molecular weight excluding hydrogens is 304 g/mol. The maximum absolute atomic E-state index is 12.1. The third-order valence-electron chi connectivity index (χ3n) is 5.53. The monoisotopic (exact) mass is 334 g/mol. The van der Waals surface area contributed by atoms with Gasteiger partial charge in [-0.1, -0.05) is 0 Å². The van der Waals surface area contributed by atoms with Crippen LogP contribution in [-0.4, -0.2) is 63.2 Å². The lowest BCUT2D eigenvalue weighted by atomic mass is 9.73. The van der Waals surface area contributed by atoms with E-state index in [4.69, 9.17) is 0 Å². The summed E-state index contributed by atoms with van der Waals surface area (Å²) in [4.78, 5) is 21.0. The summed E-state index contributed by atoms with van der Waals surface area (Å²) >= 11 is 0. The lowest BCUT2D eigenvalue weighted by Crippen LogP contribution is -2.54. The lowest BCUT2D eigenvalue weighted by Gasteiger charge is -2.48. The Bertz CT molecular complexity index is 571. The van der Waals surface area contributed by atoms with E-state index in [2.05, 4.69) is 34.5 Å². The van der Waals surface area contributed by atoms with Crippen molar-refractivity contribution in [2.75, 3.05) is 32.8 Å². The molecule has 2 saturated heterocycles. The topological polar surface area (TPSA) is 61.6 Å². The van der Waals surface area contributed by atoms with E-state index in [0.717, 1.165) is 38.4 Å². The number of likely N-dealkylation sites (tertiary alicyclic amines) is 2. The van der Waals surface area contributed by atoms with Gasteiger partial charge in [-0.3, -0.25) is 9.69 Å². The van der Waals surface area contributed by atoms with Crippen LogP contribution in [0, 0.1) is 5.41 Å². The Kier molecular flexibility index (Phi) is 5.25. The van der Waals surface area contributed by atoms with Crippen molar-refractivity contribution in [3.8, 4) is 0 Å². The van der Waals surface area contributed by atoms with Gasteiger partial charge in [-0.05, 0) is 39.7 Å². The van der Waals surface area contributed by atoms with Gasteiger partial charge < -0.3 is 14.6 Å². The molecular formula is C18H30N4O2. The highest BCUT2D eigenvalue weighted by atomic mass is 16.3. The highest BCUT2D eigenvalue weighted by Crippen LogP contribution is 2.39. The van der Waals surface area contributed by atoms with Gasteiger partial charge >= 0.3 is 0 Å². The summed E-state index contributed by atoms with van der Waals surface area (Å²) in [7, 11) is 0. The first-order valence-corrected chi connectivity index (χ1v) is 9.16. The number of hydrogen-bond acceptors (Lipinski definition) is 4. The lowest BCUT2D eigenvalue weighted by molar-refractivity contribution is -0.140. The number of carbonyl (C=O) groups is 1. The molecule has 6 nitrogen and oxygen atoms in total. The van der Waals surface area contributed by atoms with Crippen molar-refractivity contribution in [3.05, 3.63) is 18.2 Å². The van der Waals surface area contributed by atoms with Crippen molar-refractivity contribution < 1.29 is 9.90 Å². The molecule has 1 aromatic heterocycles. The van der Waals surface area contributed by atoms with Crippen LogP contribution in [0.3, 0.4) is 0 Å². The Morgan fingerprint density at radius 3 is 2.92 bits per heavy atom. The van der Waals surface area contributed by atoms with Gasteiger partial charge in [0.15, 0.2) is 0 Å². The number of nitrogens with zero attached hydrogens (tertiary/aromatic N) is 4. The Labute approximate surface area is 144 Å². The number of piperidine rings is 2. The quantitative estimate of drug-likeness (QED) is 0.890. The summed E-state index contributed by atoms with van der Waals surface area (Å²) in [5.41, 5.74) is 0.191. The Morgan fingerprint density at radius 2 is 2.17 bits per heavy atom. The van der Waals surface area contributed by atoms with Crippen molar-refractivity contribution in [1.82, 2.24) is 19.4 Å². The Hall–Kier alpha value is -1.40. The van der Waals surface area contributed by atoms with Crippen LogP contribution in [0.5, 0.6) is 0 Å². The van der Waals surface area contributed by atoms with Gasteiger partial charge in [0, 0.05) is 49.9 Å². The number of carbonyl (C=O) groups excluding carboxylic acids is 1. The minimum Gasteiger partial charge on any atom is -0.395 e. The molecule has 1 N–H and O–H groups in total. The number of aromatic nitrogens is 2. The van der Waals surface area contributed by atoms with E-state index < -0.39 is 0 Å². The number of rotatable bonds is 5. The molecule has 3 heterocycles. The fourth-order valence-electron chi connectivity index (χ4n) is 4.34. The van der Waals surface area contributed by atoms with Gasteiger partial charge in [0.1, 0.15) is 5.82 Å². The second-order valence-corrected chi connectivity index (χ2v) is 7.70. The zero-order valence-electron chi connectivity index (χ0n) is 14.9. The predicted molar refractivity (Wildman–Crippen MR) is 92.5 cm³/mol. The first kappa shape index (κ1) is 17.4. The summed E-state index contributed by atoms with van der Waals surface area (Å²) in [5, 5.41) is 9.21. The molecule has 134 valence electrons. The number of imidazole rings is 1. The molecule has 24 heavy (non-hydrogen) atoms. The summed E-state index contributed by atoms with van der Waals surface area (Å²) < 4.78 is 2.24. The van der Waals surface area contributed by atoms with E-state index in [1.54, 1.807) is 0 Å². The van der Waals surface area contributed by atoms with Crippen molar-refractivity contribution in [2.45, 2.75) is 52.1 Å². The minimum absolute atomic E-state index is 0.0529. The average molecular weight is 334 g/mol. The zero-order chi connectivity index (χ0) is 17.2. The maximum Gasteiger partial charge on any atom is 0.222 e. The van der Waals surface area contributed by atoms with Crippen LogP contribution in [0.2, 0.25) is 0 Å². The van der Waals surface area contributed by atoms with Gasteiger partial charge in [-0.25, -0.2) is 4.98 Å². The number of amides is 1. The van der Waals surface area contributed by atoms with Crippen LogP contribution in [0.15, 0.2) is 12.4 Å². The second-order valence-electron chi connectivity index (χ2n) is 7.70. The molecule has 1 atom stereocenters. The van der Waals surface area contributed by atoms with Crippen molar-refractivity contribution in [2.24, 2.45) is 5.41 Å². The van der Waals surface area contributed by atoms with Gasteiger partial charge in [0.2, 0.25) is 5.91 Å². The number of β-amino-alcohol motifs (C(OH)–C–C–N with tert-alkyl or cyclic N) is 1. The smallest absolute Gasteiger partial charge is 0.222 e. The molecule has 2 aliphatic rings. The third-order valence-corrected chi connectivity index (χ3v) is 5.53. The Balaban J connectivity index is 1.67. The van der Waals surface area contributed by atoms with E-state index >= 15 is 0 Å². The number of aliphatic hydroxyl groups is 1. The molecule has 3 rings (SSSR count). The molecule has 0 radical (unpaired) electrons. The average Bonchev–Trinajstić information content (AvgIpc) is 3.00. The Morgan fingerprint density at radius 1 is 1.33 bits per heavy atom. The molecule has 0 aliphatic carbocycles. The molecule has 1 amide bonds. The van der Waals surface area contributed by atoms with Crippen LogP contribution in [0.25, 0.3) is 0 Å². The van der Waals surface area contributed by atoms with E-state index in [-0.39, 0.29) is 17.9 Å². The van der Waals surface area contributed by atoms with Gasteiger partial charge in [-0.15, -0.1) is 0 Å². The largest absolute Gasteiger partial charge is 0.395 e. The fourth-order valence-corrected chi connectivity index (χ4v) is 4.34. The third kappa shape index (κ3) is 3.64. The second kappa shape index (κ2) is 7.23. The minimum atomic E-state index is 0.0529. The van der Waals surface area contributed by atoms with E-state index in [1.165, 1.54) is 12.8 Å². The fraction of sp³-hybridized carbons (Fsp3) is 0.778. The summed E-state index contributed by atoms with van der Waals surface area (Å²) in [5.74, 6) is 1.32. The van der Waals surface area contributed by atoms with Crippen LogP contribution >= 0.6 is 0 Å². The molecule has 0 aromatic carbocycles. The van der Waals surface area contributed by atoms with E-state index in [9.17, 15) is 9.90 Å². The predicted octanol–water partition coefficient (Wildman–Crippen LogP) is 1.66. The van der Waals surface area contributed by atoms with Crippen molar-refractivity contribution in [3.63, 3.8) is 0 Å². The normalized spacial score (nSPS) is 25.8. The number of aliphatic hydroxyl groups excluding tert-OH is 1. The molecule has 1 spiro atoms. The van der Waals surface area contributed by atoms with Crippen LogP contribution in [-0.2, 0) is 11.3 Å². The molecule has 2 fully saturated rings. The van der Waals surface area contributed by atoms with Crippen LogP contribution < -0.4 is 0 Å². The first-order valence-electron chi connectivity index (χ1n) is 9.16. The van der Waals surface area contributed by atoms with E-state index in [1.807, 2.05) is 11.1 Å². The molecule has 1 aromatic rings. The maximum atomic E-state index is 12.1. The molecule has 2 aliphatic heterocycles. The zero-order valence-corrected chi connectivity index (χ0v) is 14.9. The highest BCUT2D eigenvalue weighted by Gasteiger charge is 2.41. The van der Waals surface area contributed by atoms with E-state index in [0.29, 0.717) is 19.0 Å². The molecule has 6 heteroatoms. The summed E-state index contributed by atoms with van der Waals surface area (Å²) in [6.07, 6.45) is 7.89. The van der Waals surface area contributed by atoms with Crippen molar-refractivity contribution in [1.29, 1.82) is 0 Å². The standard InChI is InChI=1S/C18H30N4O2/c1-15(2)22-9-7-19-16(22)12-20-8-3-5-18(13-20)6-4-17(24)21(14-18)10-11-23/h7,9,15,23H,3-6,8,10-14H2,1-2H3. The summed E-state index contributed by atoms with van der Waals surface area (Å²) in [6, 6.07) is 0.425. The SMILES string of the molecule is CC(C)n1ccnc1CN1CCCC2(CCC(=O)N(CCO)C2)C1. The molecule has 1 unspecified atom stereocenters. The first-order chi connectivity index (χ1) is 11.5. The molecule has 0 bridgehead atoms. The number of hydrogen-bond donors (Lipinski definition) is 1. The van der Waals surface area contributed by atoms with Crippen LogP contribution in [0.4, 0.5) is 0 Å². The van der Waals surface area contributed by atoms with Gasteiger partial charge in [0.25, 0.3) is 0 Å². The van der Waals surface area contributed by atoms with Gasteiger partial charge in [-0.2, -0.15) is 0 Å².